The number of nitro groups is 1. The molecule has 1 aromatic carbocycles. The molecule has 24 heavy (non-hydrogen) atoms. The maximum absolute atomic E-state index is 10.6. The highest BCUT2D eigenvalue weighted by atomic mass is 35.5. The molecule has 0 aliphatic rings. The Morgan fingerprint density at radius 1 is 1.08 bits per heavy atom. The van der Waals surface area contributed by atoms with Gasteiger partial charge in [-0.1, -0.05) is 39.5 Å². The van der Waals surface area contributed by atoms with Gasteiger partial charge in [0, 0.05) is 12.1 Å². The summed E-state index contributed by atoms with van der Waals surface area (Å²) in [5, 5.41) is 14.1. The Morgan fingerprint density at radius 3 is 2.33 bits per heavy atom. The van der Waals surface area contributed by atoms with E-state index in [0.29, 0.717) is 5.75 Å². The summed E-state index contributed by atoms with van der Waals surface area (Å²) in [6, 6.07) is 6.30. The molecule has 1 unspecified atom stereocenters. The van der Waals surface area contributed by atoms with Crippen LogP contribution in [0.2, 0.25) is 0 Å². The van der Waals surface area contributed by atoms with Gasteiger partial charge >= 0.3 is 0 Å². The first kappa shape index (κ1) is 22.7. The summed E-state index contributed by atoms with van der Waals surface area (Å²) in [5.74, 6) is 0.696. The zero-order chi connectivity index (χ0) is 16.9. The van der Waals surface area contributed by atoms with Crippen molar-refractivity contribution < 1.29 is 9.66 Å². The lowest BCUT2D eigenvalue weighted by atomic mass is 10.1. The Labute approximate surface area is 151 Å². The fraction of sp³-hybridized carbons (Fsp3) is 0.667. The van der Waals surface area contributed by atoms with Gasteiger partial charge in [-0.25, -0.2) is 0 Å². The molecule has 1 aromatic rings. The SMILES string of the molecule is CCCCCCCNCCC(CC)Oc1ccc([N+](=O)[O-])cc1.Cl. The second kappa shape index (κ2) is 14.1. The highest BCUT2D eigenvalue weighted by molar-refractivity contribution is 5.85. The number of hydrogen-bond acceptors (Lipinski definition) is 4. The summed E-state index contributed by atoms with van der Waals surface area (Å²) < 4.78 is 5.90. The number of unbranched alkanes of at least 4 members (excludes halogenated alkanes) is 4. The minimum atomic E-state index is -0.397. The molecule has 0 aliphatic heterocycles. The molecule has 0 aliphatic carbocycles. The molecule has 0 heterocycles. The van der Waals surface area contributed by atoms with Gasteiger partial charge < -0.3 is 10.1 Å². The average Bonchev–Trinajstić information content (AvgIpc) is 2.56. The van der Waals surface area contributed by atoms with Crippen LogP contribution >= 0.6 is 12.4 Å². The Bertz CT molecular complexity index is 440. The van der Waals surface area contributed by atoms with Crippen molar-refractivity contribution in [2.45, 2.75) is 64.9 Å². The van der Waals surface area contributed by atoms with Gasteiger partial charge in [0.25, 0.3) is 5.69 Å². The van der Waals surface area contributed by atoms with Gasteiger partial charge in [-0.3, -0.25) is 10.1 Å². The van der Waals surface area contributed by atoms with Gasteiger partial charge in [0.1, 0.15) is 5.75 Å². The van der Waals surface area contributed by atoms with Crippen molar-refractivity contribution >= 4 is 18.1 Å². The lowest BCUT2D eigenvalue weighted by molar-refractivity contribution is -0.384. The van der Waals surface area contributed by atoms with Gasteiger partial charge in [-0.2, -0.15) is 0 Å². The molecule has 1 atom stereocenters. The van der Waals surface area contributed by atoms with E-state index in [1.54, 1.807) is 12.1 Å². The van der Waals surface area contributed by atoms with Crippen LogP contribution in [0.5, 0.6) is 5.75 Å². The number of nitro benzene ring substituents is 1. The van der Waals surface area contributed by atoms with E-state index in [-0.39, 0.29) is 24.2 Å². The molecule has 0 radical (unpaired) electrons. The van der Waals surface area contributed by atoms with Gasteiger partial charge in [0.05, 0.1) is 11.0 Å². The first-order valence-corrected chi connectivity index (χ1v) is 8.79. The molecule has 0 spiro atoms. The number of nitrogens with one attached hydrogen (secondary N) is 1. The third-order valence-corrected chi connectivity index (χ3v) is 3.91. The van der Waals surface area contributed by atoms with E-state index >= 15 is 0 Å². The molecule has 138 valence electrons. The third kappa shape index (κ3) is 9.73. The van der Waals surface area contributed by atoms with Gasteiger partial charge in [-0.15, -0.1) is 12.4 Å². The first-order chi connectivity index (χ1) is 11.2. The van der Waals surface area contributed by atoms with E-state index < -0.39 is 4.92 Å². The molecule has 0 amide bonds. The molecule has 1 N–H and O–H groups in total. The molecular weight excluding hydrogens is 328 g/mol. The van der Waals surface area contributed by atoms with Crippen LogP contribution in [0.15, 0.2) is 24.3 Å². The third-order valence-electron chi connectivity index (χ3n) is 3.91. The van der Waals surface area contributed by atoms with Crippen LogP contribution in [-0.4, -0.2) is 24.1 Å². The molecule has 6 heteroatoms. The van der Waals surface area contributed by atoms with Crippen LogP contribution in [0.25, 0.3) is 0 Å². The zero-order valence-electron chi connectivity index (χ0n) is 14.8. The molecule has 0 aromatic heterocycles. The number of halogens is 1. The molecule has 5 nitrogen and oxygen atoms in total. The van der Waals surface area contributed by atoms with Crippen molar-refractivity contribution in [2.24, 2.45) is 0 Å². The topological polar surface area (TPSA) is 64.4 Å². The maximum atomic E-state index is 10.6. The minimum Gasteiger partial charge on any atom is -0.490 e. The van der Waals surface area contributed by atoms with Crippen LogP contribution in [0, 0.1) is 10.1 Å². The van der Waals surface area contributed by atoms with Crippen LogP contribution in [-0.2, 0) is 0 Å². The number of benzene rings is 1. The molecule has 0 fully saturated rings. The van der Waals surface area contributed by atoms with Crippen molar-refractivity contribution in [1.29, 1.82) is 0 Å². The highest BCUT2D eigenvalue weighted by Crippen LogP contribution is 2.19. The molecular formula is C18H31ClN2O3. The fourth-order valence-corrected chi connectivity index (χ4v) is 2.43. The van der Waals surface area contributed by atoms with Crippen molar-refractivity contribution in [3.8, 4) is 5.75 Å². The van der Waals surface area contributed by atoms with Crippen molar-refractivity contribution in [3.05, 3.63) is 34.4 Å². The van der Waals surface area contributed by atoms with Gasteiger partial charge in [-0.05, 0) is 44.5 Å². The largest absolute Gasteiger partial charge is 0.490 e. The van der Waals surface area contributed by atoms with E-state index in [1.807, 2.05) is 0 Å². The predicted molar refractivity (Wildman–Crippen MR) is 101 cm³/mol. The molecule has 0 saturated heterocycles. The Morgan fingerprint density at radius 2 is 1.75 bits per heavy atom. The number of rotatable bonds is 13. The van der Waals surface area contributed by atoms with Crippen molar-refractivity contribution in [2.75, 3.05) is 13.1 Å². The van der Waals surface area contributed by atoms with E-state index in [9.17, 15) is 10.1 Å². The Hall–Kier alpha value is -1.33. The second-order valence-electron chi connectivity index (χ2n) is 5.85. The lowest BCUT2D eigenvalue weighted by Crippen LogP contribution is -2.24. The highest BCUT2D eigenvalue weighted by Gasteiger charge is 2.09. The van der Waals surface area contributed by atoms with Crippen LogP contribution in [0.4, 0.5) is 5.69 Å². The summed E-state index contributed by atoms with van der Waals surface area (Å²) in [5.41, 5.74) is 0.0927. The van der Waals surface area contributed by atoms with E-state index in [0.717, 1.165) is 25.9 Å². The first-order valence-electron chi connectivity index (χ1n) is 8.79. The zero-order valence-corrected chi connectivity index (χ0v) is 15.6. The van der Waals surface area contributed by atoms with Crippen LogP contribution < -0.4 is 10.1 Å². The fourth-order valence-electron chi connectivity index (χ4n) is 2.43. The number of non-ortho nitro benzene ring substituents is 1. The van der Waals surface area contributed by atoms with E-state index in [1.165, 1.54) is 44.2 Å². The van der Waals surface area contributed by atoms with Crippen LogP contribution in [0.3, 0.4) is 0 Å². The van der Waals surface area contributed by atoms with Gasteiger partial charge in [0.15, 0.2) is 0 Å². The number of hydrogen-bond donors (Lipinski definition) is 1. The summed E-state index contributed by atoms with van der Waals surface area (Å²) in [4.78, 5) is 10.2. The molecule has 1 rings (SSSR count). The smallest absolute Gasteiger partial charge is 0.269 e. The van der Waals surface area contributed by atoms with Crippen molar-refractivity contribution in [1.82, 2.24) is 5.32 Å². The van der Waals surface area contributed by atoms with Crippen LogP contribution in [0.1, 0.15) is 58.8 Å². The maximum Gasteiger partial charge on any atom is 0.269 e. The Balaban J connectivity index is 0.00000529. The molecule has 0 bridgehead atoms. The summed E-state index contributed by atoms with van der Waals surface area (Å²) >= 11 is 0. The number of ether oxygens (including phenoxy) is 1. The standard InChI is InChI=1S/C18H30N2O3.ClH/c1-3-5-6-7-8-14-19-15-13-17(4-2)23-18-11-9-16(10-12-18)20(21)22;/h9-12,17,19H,3-8,13-15H2,1-2H3;1H. The minimum absolute atomic E-state index is 0. The molecule has 0 saturated carbocycles. The normalized spacial score (nSPS) is 11.6. The van der Waals surface area contributed by atoms with E-state index in [2.05, 4.69) is 19.2 Å². The van der Waals surface area contributed by atoms with E-state index in [4.69, 9.17) is 4.74 Å². The summed E-state index contributed by atoms with van der Waals surface area (Å²) in [6.07, 6.45) is 8.50. The summed E-state index contributed by atoms with van der Waals surface area (Å²) in [7, 11) is 0. The lowest BCUT2D eigenvalue weighted by Gasteiger charge is -2.17. The number of nitrogens with zero attached hydrogens (tertiary/aromatic N) is 1. The quantitative estimate of drug-likeness (QED) is 0.302. The Kier molecular flexibility index (Phi) is 13.3. The average molecular weight is 359 g/mol. The second-order valence-corrected chi connectivity index (χ2v) is 5.85. The predicted octanol–water partition coefficient (Wildman–Crippen LogP) is 5.12. The summed E-state index contributed by atoms with van der Waals surface area (Å²) in [6.45, 7) is 6.34. The monoisotopic (exact) mass is 358 g/mol. The van der Waals surface area contributed by atoms with Gasteiger partial charge in [0.2, 0.25) is 0 Å². The van der Waals surface area contributed by atoms with Crippen molar-refractivity contribution in [3.63, 3.8) is 0 Å².